The first-order valence-corrected chi connectivity index (χ1v) is 7.72. The van der Waals surface area contributed by atoms with Crippen molar-refractivity contribution in [2.45, 2.75) is 52.5 Å². The third-order valence-corrected chi connectivity index (χ3v) is 4.56. The number of hydrogen-bond donors (Lipinski definition) is 1. The molecule has 0 amide bonds. The minimum absolute atomic E-state index is 0.599. The summed E-state index contributed by atoms with van der Waals surface area (Å²) in [5.41, 5.74) is 9.03. The molecular formula is C16H24N4. The average molecular weight is 272 g/mol. The van der Waals surface area contributed by atoms with E-state index in [1.165, 1.54) is 32.1 Å². The lowest BCUT2D eigenvalue weighted by atomic mass is 9.81. The summed E-state index contributed by atoms with van der Waals surface area (Å²) in [7, 11) is 0. The second-order valence-corrected chi connectivity index (χ2v) is 6.40. The van der Waals surface area contributed by atoms with Crippen LogP contribution in [0.3, 0.4) is 0 Å². The van der Waals surface area contributed by atoms with Crippen LogP contribution >= 0.6 is 0 Å². The molecule has 2 unspecified atom stereocenters. The van der Waals surface area contributed by atoms with Gasteiger partial charge in [-0.05, 0) is 43.2 Å². The van der Waals surface area contributed by atoms with Crippen molar-refractivity contribution in [3.05, 3.63) is 17.8 Å². The number of rotatable bonds is 3. The van der Waals surface area contributed by atoms with E-state index in [1.807, 2.05) is 13.1 Å². The van der Waals surface area contributed by atoms with Crippen molar-refractivity contribution < 1.29 is 0 Å². The Bertz CT molecular complexity index is 602. The summed E-state index contributed by atoms with van der Waals surface area (Å²) in [6.45, 7) is 5.35. The molecule has 20 heavy (non-hydrogen) atoms. The quantitative estimate of drug-likeness (QED) is 0.929. The molecule has 0 aliphatic heterocycles. The Balaban J connectivity index is 1.75. The maximum atomic E-state index is 6.06. The van der Waals surface area contributed by atoms with E-state index in [0.717, 1.165) is 35.1 Å². The highest BCUT2D eigenvalue weighted by molar-refractivity contribution is 5.74. The molecule has 1 aliphatic rings. The molecule has 2 heterocycles. The zero-order valence-electron chi connectivity index (χ0n) is 12.5. The Morgan fingerprint density at radius 1 is 1.40 bits per heavy atom. The first-order valence-electron chi connectivity index (χ1n) is 7.72. The van der Waals surface area contributed by atoms with Crippen molar-refractivity contribution in [3.8, 4) is 0 Å². The van der Waals surface area contributed by atoms with Crippen LogP contribution in [0.15, 0.2) is 12.3 Å². The first-order chi connectivity index (χ1) is 9.63. The minimum Gasteiger partial charge on any atom is -0.369 e. The second kappa shape index (κ2) is 5.43. The smallest absolute Gasteiger partial charge is 0.202 e. The summed E-state index contributed by atoms with van der Waals surface area (Å²) >= 11 is 0. The number of anilines is 1. The van der Waals surface area contributed by atoms with Crippen LogP contribution in [-0.4, -0.2) is 14.5 Å². The van der Waals surface area contributed by atoms with Crippen LogP contribution in [0.2, 0.25) is 0 Å². The van der Waals surface area contributed by atoms with Gasteiger partial charge in [-0.3, -0.25) is 4.57 Å². The van der Waals surface area contributed by atoms with E-state index >= 15 is 0 Å². The third-order valence-electron chi connectivity index (χ3n) is 4.56. The van der Waals surface area contributed by atoms with Gasteiger partial charge in [-0.25, -0.2) is 9.97 Å². The fourth-order valence-corrected chi connectivity index (χ4v) is 3.48. The van der Waals surface area contributed by atoms with Crippen LogP contribution in [0.4, 0.5) is 5.95 Å². The number of nitrogen functional groups attached to an aromatic ring is 1. The van der Waals surface area contributed by atoms with Gasteiger partial charge in [-0.15, -0.1) is 0 Å². The van der Waals surface area contributed by atoms with Gasteiger partial charge in [0.25, 0.3) is 0 Å². The maximum Gasteiger partial charge on any atom is 0.202 e. The molecule has 4 nitrogen and oxygen atoms in total. The standard InChI is InChI=1S/C16H24N4/c1-11-4-3-5-13(8-11)6-7-20-15-14(19-16(20)17)9-12(2)10-18-15/h9-11,13H,3-8H2,1-2H3,(H2,17,19). The van der Waals surface area contributed by atoms with Crippen LogP contribution in [0, 0.1) is 18.8 Å². The molecule has 2 atom stereocenters. The lowest BCUT2D eigenvalue weighted by Gasteiger charge is -2.26. The van der Waals surface area contributed by atoms with Gasteiger partial charge in [0.2, 0.25) is 5.95 Å². The molecule has 3 rings (SSSR count). The molecular weight excluding hydrogens is 248 g/mol. The van der Waals surface area contributed by atoms with Crippen molar-refractivity contribution in [1.29, 1.82) is 0 Å². The highest BCUT2D eigenvalue weighted by Gasteiger charge is 2.19. The van der Waals surface area contributed by atoms with E-state index in [-0.39, 0.29) is 0 Å². The van der Waals surface area contributed by atoms with E-state index in [0.29, 0.717) is 5.95 Å². The molecule has 0 spiro atoms. The highest BCUT2D eigenvalue weighted by Crippen LogP contribution is 2.31. The maximum absolute atomic E-state index is 6.06. The zero-order chi connectivity index (χ0) is 14.1. The molecule has 2 N–H and O–H groups in total. The fourth-order valence-electron chi connectivity index (χ4n) is 3.48. The summed E-state index contributed by atoms with van der Waals surface area (Å²) < 4.78 is 2.08. The zero-order valence-corrected chi connectivity index (χ0v) is 12.5. The van der Waals surface area contributed by atoms with Crippen molar-refractivity contribution in [2.75, 3.05) is 5.73 Å². The van der Waals surface area contributed by atoms with E-state index in [9.17, 15) is 0 Å². The normalized spacial score (nSPS) is 23.3. The molecule has 1 saturated carbocycles. The molecule has 1 fully saturated rings. The third kappa shape index (κ3) is 2.65. The van der Waals surface area contributed by atoms with Gasteiger partial charge in [0, 0.05) is 12.7 Å². The Hall–Kier alpha value is -1.58. The van der Waals surface area contributed by atoms with Crippen LogP contribution in [-0.2, 0) is 6.54 Å². The van der Waals surface area contributed by atoms with Gasteiger partial charge < -0.3 is 5.73 Å². The summed E-state index contributed by atoms with van der Waals surface area (Å²) in [4.78, 5) is 8.93. The predicted molar refractivity (Wildman–Crippen MR) is 82.4 cm³/mol. The van der Waals surface area contributed by atoms with Gasteiger partial charge in [0.1, 0.15) is 5.52 Å². The number of aromatic nitrogens is 3. The van der Waals surface area contributed by atoms with E-state index < -0.39 is 0 Å². The largest absolute Gasteiger partial charge is 0.369 e. The van der Waals surface area contributed by atoms with Crippen LogP contribution < -0.4 is 5.73 Å². The summed E-state index contributed by atoms with van der Waals surface area (Å²) in [6.07, 6.45) is 8.58. The van der Waals surface area contributed by atoms with Crippen molar-refractivity contribution in [1.82, 2.24) is 14.5 Å². The second-order valence-electron chi connectivity index (χ2n) is 6.40. The predicted octanol–water partition coefficient (Wildman–Crippen LogP) is 3.54. The molecule has 0 bridgehead atoms. The van der Waals surface area contributed by atoms with Gasteiger partial charge in [0.15, 0.2) is 5.65 Å². The molecule has 2 aromatic rings. The van der Waals surface area contributed by atoms with Crippen LogP contribution in [0.25, 0.3) is 11.2 Å². The molecule has 4 heteroatoms. The SMILES string of the molecule is Cc1cnc2c(c1)nc(N)n2CCC1CCCC(C)C1. The Morgan fingerprint density at radius 3 is 3.05 bits per heavy atom. The number of nitrogens with two attached hydrogens (primary N) is 1. The summed E-state index contributed by atoms with van der Waals surface area (Å²) in [5, 5.41) is 0. The molecule has 0 radical (unpaired) electrons. The Morgan fingerprint density at radius 2 is 2.25 bits per heavy atom. The van der Waals surface area contributed by atoms with E-state index in [1.54, 1.807) is 0 Å². The van der Waals surface area contributed by atoms with Gasteiger partial charge in [0.05, 0.1) is 0 Å². The number of hydrogen-bond acceptors (Lipinski definition) is 3. The lowest BCUT2D eigenvalue weighted by molar-refractivity contribution is 0.262. The molecule has 0 aromatic carbocycles. The van der Waals surface area contributed by atoms with Crippen LogP contribution in [0.1, 0.15) is 44.6 Å². The van der Waals surface area contributed by atoms with E-state index in [2.05, 4.69) is 27.5 Å². The summed E-state index contributed by atoms with van der Waals surface area (Å²) in [6, 6.07) is 2.05. The monoisotopic (exact) mass is 272 g/mol. The molecule has 108 valence electrons. The summed E-state index contributed by atoms with van der Waals surface area (Å²) in [5.74, 6) is 2.31. The molecule has 0 saturated heterocycles. The average Bonchev–Trinajstić information content (AvgIpc) is 2.71. The minimum atomic E-state index is 0.599. The highest BCUT2D eigenvalue weighted by atomic mass is 15.2. The Labute approximate surface area is 120 Å². The fraction of sp³-hybridized carbons (Fsp3) is 0.625. The van der Waals surface area contributed by atoms with Gasteiger partial charge >= 0.3 is 0 Å². The number of fused-ring (bicyclic) bond motifs is 1. The van der Waals surface area contributed by atoms with Crippen LogP contribution in [0.5, 0.6) is 0 Å². The number of aryl methyl sites for hydroxylation is 2. The topological polar surface area (TPSA) is 56.7 Å². The van der Waals surface area contributed by atoms with Gasteiger partial charge in [-0.1, -0.05) is 26.2 Å². The molecule has 2 aromatic heterocycles. The van der Waals surface area contributed by atoms with E-state index in [4.69, 9.17) is 5.73 Å². The number of pyridine rings is 1. The number of nitrogens with zero attached hydrogens (tertiary/aromatic N) is 3. The van der Waals surface area contributed by atoms with Crippen molar-refractivity contribution in [3.63, 3.8) is 0 Å². The van der Waals surface area contributed by atoms with Crippen molar-refractivity contribution in [2.24, 2.45) is 11.8 Å². The lowest BCUT2D eigenvalue weighted by Crippen LogP contribution is -2.16. The van der Waals surface area contributed by atoms with Crippen molar-refractivity contribution >= 4 is 17.1 Å². The first kappa shape index (κ1) is 13.4. The number of imidazole rings is 1. The Kier molecular flexibility index (Phi) is 3.64. The van der Waals surface area contributed by atoms with Gasteiger partial charge in [-0.2, -0.15) is 0 Å². The molecule has 1 aliphatic carbocycles.